The minimum atomic E-state index is -0.521. The molecule has 0 saturated carbocycles. The Morgan fingerprint density at radius 1 is 1.03 bits per heavy atom. The van der Waals surface area contributed by atoms with Gasteiger partial charge in [-0.2, -0.15) is 0 Å². The SMILES string of the molecule is Cc1ccc(C)c(-n2c(SC(C)C(=O)Nc3ccc4c(c3)OCCO4)nc3ccccc3c2=O)c1. The molecule has 7 nitrogen and oxygen atoms in total. The first-order valence-corrected chi connectivity index (χ1v) is 12.3. The fraction of sp³-hybridized carbons (Fsp3) is 0.222. The number of carbonyl (C=O) groups is 1. The first-order valence-electron chi connectivity index (χ1n) is 11.4. The summed E-state index contributed by atoms with van der Waals surface area (Å²) in [6.07, 6.45) is 0. The van der Waals surface area contributed by atoms with Gasteiger partial charge in [-0.3, -0.25) is 14.2 Å². The lowest BCUT2D eigenvalue weighted by atomic mass is 10.1. The number of fused-ring (bicyclic) bond motifs is 2. The van der Waals surface area contributed by atoms with Crippen LogP contribution in [0.5, 0.6) is 11.5 Å². The molecule has 1 atom stereocenters. The van der Waals surface area contributed by atoms with Gasteiger partial charge in [-0.1, -0.05) is 36.0 Å². The number of ether oxygens (including phenoxy) is 2. The van der Waals surface area contributed by atoms with Gasteiger partial charge in [0, 0.05) is 11.8 Å². The number of para-hydroxylation sites is 1. The molecule has 178 valence electrons. The van der Waals surface area contributed by atoms with Crippen LogP contribution in [0.3, 0.4) is 0 Å². The Morgan fingerprint density at radius 2 is 1.80 bits per heavy atom. The molecule has 2 heterocycles. The van der Waals surface area contributed by atoms with Gasteiger partial charge in [0.1, 0.15) is 13.2 Å². The summed E-state index contributed by atoms with van der Waals surface area (Å²) in [7, 11) is 0. The van der Waals surface area contributed by atoms with Crippen molar-refractivity contribution in [2.45, 2.75) is 31.2 Å². The van der Waals surface area contributed by atoms with E-state index in [-0.39, 0.29) is 11.5 Å². The van der Waals surface area contributed by atoms with Gasteiger partial charge in [0.2, 0.25) is 5.91 Å². The summed E-state index contributed by atoms with van der Waals surface area (Å²) in [5.74, 6) is 1.06. The molecule has 5 rings (SSSR count). The van der Waals surface area contributed by atoms with Crippen molar-refractivity contribution >= 4 is 34.3 Å². The minimum absolute atomic E-state index is 0.161. The molecule has 0 saturated heterocycles. The second-order valence-electron chi connectivity index (χ2n) is 8.45. The minimum Gasteiger partial charge on any atom is -0.486 e. The third-order valence-corrected chi connectivity index (χ3v) is 6.86. The zero-order valence-corrected chi connectivity index (χ0v) is 20.5. The molecule has 0 radical (unpaired) electrons. The number of hydrogen-bond acceptors (Lipinski definition) is 6. The predicted octanol–water partition coefficient (Wildman–Crippen LogP) is 4.89. The number of hydrogen-bond donors (Lipinski definition) is 1. The Kier molecular flexibility index (Phi) is 6.21. The second kappa shape index (κ2) is 9.46. The summed E-state index contributed by atoms with van der Waals surface area (Å²) in [4.78, 5) is 31.4. The van der Waals surface area contributed by atoms with E-state index in [4.69, 9.17) is 14.5 Å². The second-order valence-corrected chi connectivity index (χ2v) is 9.76. The summed E-state index contributed by atoms with van der Waals surface area (Å²) in [6.45, 7) is 6.72. The van der Waals surface area contributed by atoms with E-state index in [0.717, 1.165) is 16.8 Å². The number of rotatable bonds is 5. The van der Waals surface area contributed by atoms with Gasteiger partial charge in [-0.25, -0.2) is 4.98 Å². The summed E-state index contributed by atoms with van der Waals surface area (Å²) in [5.41, 5.74) is 3.79. The molecule has 3 aromatic carbocycles. The number of amides is 1. The van der Waals surface area contributed by atoms with Crippen LogP contribution >= 0.6 is 11.8 Å². The van der Waals surface area contributed by atoms with E-state index >= 15 is 0 Å². The molecule has 1 amide bonds. The zero-order valence-electron chi connectivity index (χ0n) is 19.7. The smallest absolute Gasteiger partial charge is 0.266 e. The van der Waals surface area contributed by atoms with Gasteiger partial charge in [-0.05, 0) is 62.2 Å². The van der Waals surface area contributed by atoms with Crippen molar-refractivity contribution in [3.63, 3.8) is 0 Å². The Hall–Kier alpha value is -3.78. The van der Waals surface area contributed by atoms with Gasteiger partial charge in [-0.15, -0.1) is 0 Å². The summed E-state index contributed by atoms with van der Waals surface area (Å²) < 4.78 is 12.8. The van der Waals surface area contributed by atoms with Gasteiger partial charge in [0.05, 0.1) is 21.8 Å². The first kappa shape index (κ1) is 23.0. The quantitative estimate of drug-likeness (QED) is 0.319. The van der Waals surface area contributed by atoms with Crippen LogP contribution in [-0.4, -0.2) is 33.9 Å². The fourth-order valence-electron chi connectivity index (χ4n) is 3.94. The molecule has 1 N–H and O–H groups in total. The molecule has 0 aliphatic carbocycles. The third kappa shape index (κ3) is 4.61. The lowest BCUT2D eigenvalue weighted by Crippen LogP contribution is -2.26. The van der Waals surface area contributed by atoms with Crippen molar-refractivity contribution < 1.29 is 14.3 Å². The number of nitrogens with zero attached hydrogens (tertiary/aromatic N) is 2. The van der Waals surface area contributed by atoms with E-state index < -0.39 is 5.25 Å². The third-order valence-electron chi connectivity index (χ3n) is 5.81. The number of carbonyl (C=O) groups excluding carboxylic acids is 1. The first-order chi connectivity index (χ1) is 16.9. The zero-order chi connectivity index (χ0) is 24.5. The summed E-state index contributed by atoms with van der Waals surface area (Å²) in [6, 6.07) is 18.5. The molecule has 1 unspecified atom stereocenters. The van der Waals surface area contributed by atoms with E-state index in [1.54, 1.807) is 35.8 Å². The van der Waals surface area contributed by atoms with E-state index in [2.05, 4.69) is 5.32 Å². The standard InChI is InChI=1S/C27H25N3O4S/c1-16-8-9-17(2)22(14-16)30-26(32)20-6-4-5-7-21(20)29-27(30)35-18(3)25(31)28-19-10-11-23-24(15-19)34-13-12-33-23/h4-11,14-15,18H,12-13H2,1-3H3,(H,28,31). The van der Waals surface area contributed by atoms with Crippen molar-refractivity contribution in [1.82, 2.24) is 9.55 Å². The molecule has 0 fully saturated rings. The molecule has 1 aliphatic heterocycles. The van der Waals surface area contributed by atoms with Crippen molar-refractivity contribution in [3.05, 3.63) is 82.1 Å². The van der Waals surface area contributed by atoms with Crippen LogP contribution in [0.25, 0.3) is 16.6 Å². The van der Waals surface area contributed by atoms with Crippen molar-refractivity contribution in [2.24, 2.45) is 0 Å². The Labute approximate surface area is 207 Å². The van der Waals surface area contributed by atoms with Crippen LogP contribution in [0.1, 0.15) is 18.1 Å². The topological polar surface area (TPSA) is 82.5 Å². The van der Waals surface area contributed by atoms with Crippen LogP contribution in [-0.2, 0) is 4.79 Å². The maximum atomic E-state index is 13.6. The van der Waals surface area contributed by atoms with Crippen LogP contribution < -0.4 is 20.3 Å². The normalized spacial score (nSPS) is 13.5. The van der Waals surface area contributed by atoms with E-state index in [9.17, 15) is 9.59 Å². The molecule has 4 aromatic rings. The highest BCUT2D eigenvalue weighted by Gasteiger charge is 2.22. The maximum absolute atomic E-state index is 13.6. The number of thioether (sulfide) groups is 1. The average molecular weight is 488 g/mol. The molecule has 0 bridgehead atoms. The number of aromatic nitrogens is 2. The number of aryl methyl sites for hydroxylation is 2. The van der Waals surface area contributed by atoms with Crippen LogP contribution in [0.2, 0.25) is 0 Å². The Bertz CT molecular complexity index is 1500. The van der Waals surface area contributed by atoms with Crippen molar-refractivity contribution in [3.8, 4) is 17.2 Å². The fourth-order valence-corrected chi connectivity index (χ4v) is 4.86. The van der Waals surface area contributed by atoms with Gasteiger partial charge in [0.25, 0.3) is 5.56 Å². The molecule has 1 aliphatic rings. The molecular weight excluding hydrogens is 462 g/mol. The Morgan fingerprint density at radius 3 is 2.63 bits per heavy atom. The summed E-state index contributed by atoms with van der Waals surface area (Å²) in [5, 5.41) is 3.41. The van der Waals surface area contributed by atoms with Gasteiger partial charge < -0.3 is 14.8 Å². The van der Waals surface area contributed by atoms with Gasteiger partial charge >= 0.3 is 0 Å². The van der Waals surface area contributed by atoms with Crippen LogP contribution in [0.4, 0.5) is 5.69 Å². The number of anilines is 1. The maximum Gasteiger partial charge on any atom is 0.266 e. The number of nitrogens with one attached hydrogen (secondary N) is 1. The average Bonchev–Trinajstić information content (AvgIpc) is 2.86. The summed E-state index contributed by atoms with van der Waals surface area (Å²) >= 11 is 1.25. The molecular formula is C27H25N3O4S. The van der Waals surface area contributed by atoms with Crippen LogP contribution in [0.15, 0.2) is 70.6 Å². The monoisotopic (exact) mass is 487 g/mol. The van der Waals surface area contributed by atoms with Crippen LogP contribution in [0, 0.1) is 13.8 Å². The van der Waals surface area contributed by atoms with Gasteiger partial charge in [0.15, 0.2) is 16.7 Å². The predicted molar refractivity (Wildman–Crippen MR) is 138 cm³/mol. The Balaban J connectivity index is 1.49. The highest BCUT2D eigenvalue weighted by Crippen LogP contribution is 2.33. The molecule has 1 aromatic heterocycles. The highest BCUT2D eigenvalue weighted by atomic mass is 32.2. The van der Waals surface area contributed by atoms with Crippen molar-refractivity contribution in [2.75, 3.05) is 18.5 Å². The molecule has 35 heavy (non-hydrogen) atoms. The number of benzene rings is 3. The lowest BCUT2D eigenvalue weighted by molar-refractivity contribution is -0.115. The van der Waals surface area contributed by atoms with E-state index in [1.165, 1.54) is 11.8 Å². The lowest BCUT2D eigenvalue weighted by Gasteiger charge is -2.20. The molecule has 8 heteroatoms. The molecule has 0 spiro atoms. The van der Waals surface area contributed by atoms with E-state index in [0.29, 0.717) is 46.5 Å². The largest absolute Gasteiger partial charge is 0.486 e. The van der Waals surface area contributed by atoms with Crippen molar-refractivity contribution in [1.29, 1.82) is 0 Å². The van der Waals surface area contributed by atoms with E-state index in [1.807, 2.05) is 50.2 Å². The highest BCUT2D eigenvalue weighted by molar-refractivity contribution is 8.00.